The number of halogens is 1. The lowest BCUT2D eigenvalue weighted by atomic mass is 9.98. The average Bonchev–Trinajstić information content (AvgIpc) is 2.99. The molecule has 2 nitrogen and oxygen atoms in total. The number of fused-ring (bicyclic) bond motifs is 1. The smallest absolute Gasteiger partial charge is 0.251 e. The second-order valence-corrected chi connectivity index (χ2v) is 6.52. The molecule has 0 aromatic heterocycles. The Morgan fingerprint density at radius 3 is 2.67 bits per heavy atom. The van der Waals surface area contributed by atoms with Crippen molar-refractivity contribution in [2.45, 2.75) is 19.3 Å². The van der Waals surface area contributed by atoms with Gasteiger partial charge in [0.05, 0.1) is 0 Å². The maximum absolute atomic E-state index is 12.3. The number of hydrogen-bond acceptors (Lipinski definition) is 1. The minimum Gasteiger partial charge on any atom is -0.352 e. The number of nitrogens with one attached hydrogen (secondary N) is 1. The molecule has 2 unspecified atom stereocenters. The van der Waals surface area contributed by atoms with Gasteiger partial charge < -0.3 is 5.32 Å². The second kappa shape index (κ2) is 6.61. The zero-order valence-electron chi connectivity index (χ0n) is 12.0. The van der Waals surface area contributed by atoms with Gasteiger partial charge >= 0.3 is 0 Å². The minimum absolute atomic E-state index is 0.0426. The van der Waals surface area contributed by atoms with E-state index in [4.69, 9.17) is 0 Å². The molecule has 0 heterocycles. The van der Waals surface area contributed by atoms with Crippen LogP contribution in [0, 0.1) is 11.8 Å². The topological polar surface area (TPSA) is 29.1 Å². The molecule has 0 bridgehead atoms. The Kier molecular flexibility index (Phi) is 4.59. The van der Waals surface area contributed by atoms with Gasteiger partial charge in [-0.05, 0) is 47.6 Å². The van der Waals surface area contributed by atoms with Crippen molar-refractivity contribution in [2.24, 2.45) is 11.8 Å². The normalized spacial score (nSPS) is 21.6. The lowest BCUT2D eigenvalue weighted by Crippen LogP contribution is -2.31. The van der Waals surface area contributed by atoms with Gasteiger partial charge in [-0.3, -0.25) is 4.79 Å². The van der Waals surface area contributed by atoms with Crippen LogP contribution in [-0.2, 0) is 0 Å². The van der Waals surface area contributed by atoms with Crippen molar-refractivity contribution in [1.29, 1.82) is 0 Å². The van der Waals surface area contributed by atoms with E-state index in [1.165, 1.54) is 24.6 Å². The SMILES string of the molecule is O=C(NCC1CCCC1CBr)c1ccc2ccccc2c1. The molecule has 1 N–H and O–H groups in total. The quantitative estimate of drug-likeness (QED) is 0.818. The van der Waals surface area contributed by atoms with Crippen LogP contribution in [0.5, 0.6) is 0 Å². The summed E-state index contributed by atoms with van der Waals surface area (Å²) in [6.45, 7) is 0.794. The first kappa shape index (κ1) is 14.6. The number of hydrogen-bond donors (Lipinski definition) is 1. The van der Waals surface area contributed by atoms with E-state index in [2.05, 4.69) is 27.3 Å². The molecule has 110 valence electrons. The third-order valence-corrected chi connectivity index (χ3v) is 5.38. The highest BCUT2D eigenvalue weighted by molar-refractivity contribution is 9.09. The van der Waals surface area contributed by atoms with E-state index in [0.29, 0.717) is 11.8 Å². The number of rotatable bonds is 4. The number of alkyl halides is 1. The summed E-state index contributed by atoms with van der Waals surface area (Å²) in [6, 6.07) is 14.0. The van der Waals surface area contributed by atoms with Gasteiger partial charge in [0, 0.05) is 17.4 Å². The lowest BCUT2D eigenvalue weighted by Gasteiger charge is -2.17. The molecule has 3 rings (SSSR count). The molecule has 2 aromatic rings. The highest BCUT2D eigenvalue weighted by Crippen LogP contribution is 2.32. The third kappa shape index (κ3) is 3.29. The summed E-state index contributed by atoms with van der Waals surface area (Å²) >= 11 is 3.58. The highest BCUT2D eigenvalue weighted by atomic mass is 79.9. The molecule has 3 heteroatoms. The molecule has 0 spiro atoms. The molecule has 2 aromatic carbocycles. The molecule has 21 heavy (non-hydrogen) atoms. The van der Waals surface area contributed by atoms with Crippen molar-refractivity contribution in [1.82, 2.24) is 5.32 Å². The number of amides is 1. The maximum Gasteiger partial charge on any atom is 0.251 e. The molecule has 2 atom stereocenters. The van der Waals surface area contributed by atoms with Crippen molar-refractivity contribution in [3.05, 3.63) is 48.0 Å². The van der Waals surface area contributed by atoms with E-state index in [0.717, 1.165) is 22.8 Å². The Morgan fingerprint density at radius 1 is 1.10 bits per heavy atom. The average molecular weight is 346 g/mol. The van der Waals surface area contributed by atoms with E-state index in [1.54, 1.807) is 0 Å². The van der Waals surface area contributed by atoms with Crippen LogP contribution in [0.1, 0.15) is 29.6 Å². The molecule has 0 radical (unpaired) electrons. The monoisotopic (exact) mass is 345 g/mol. The molecule has 1 amide bonds. The van der Waals surface area contributed by atoms with Crippen molar-refractivity contribution < 1.29 is 4.79 Å². The van der Waals surface area contributed by atoms with Crippen LogP contribution >= 0.6 is 15.9 Å². The van der Waals surface area contributed by atoms with Gasteiger partial charge in [0.2, 0.25) is 0 Å². The van der Waals surface area contributed by atoms with Gasteiger partial charge in [0.1, 0.15) is 0 Å². The summed E-state index contributed by atoms with van der Waals surface area (Å²) in [4.78, 5) is 12.3. The molecule has 1 aliphatic rings. The molecule has 0 aliphatic heterocycles. The minimum atomic E-state index is 0.0426. The van der Waals surface area contributed by atoms with Gasteiger partial charge in [-0.2, -0.15) is 0 Å². The Balaban J connectivity index is 1.66. The third-order valence-electron chi connectivity index (χ3n) is 4.55. The predicted octanol–water partition coefficient (Wildman–Crippen LogP) is 4.38. The molecule has 1 fully saturated rings. The van der Waals surface area contributed by atoms with Crippen LogP contribution in [0.25, 0.3) is 10.8 Å². The molecular formula is C18H20BrNO. The van der Waals surface area contributed by atoms with Crippen LogP contribution in [0.15, 0.2) is 42.5 Å². The first-order valence-electron chi connectivity index (χ1n) is 7.61. The Hall–Kier alpha value is -1.35. The molecular weight excluding hydrogens is 326 g/mol. The Morgan fingerprint density at radius 2 is 1.86 bits per heavy atom. The van der Waals surface area contributed by atoms with Gasteiger partial charge in [-0.15, -0.1) is 0 Å². The standard InChI is InChI=1S/C18H20BrNO/c19-11-16-6-3-7-17(16)12-20-18(21)15-9-8-13-4-1-2-5-14(13)10-15/h1-2,4-5,8-10,16-17H,3,6-7,11-12H2,(H,20,21). The van der Waals surface area contributed by atoms with Crippen molar-refractivity contribution in [3.63, 3.8) is 0 Å². The van der Waals surface area contributed by atoms with Gasteiger partial charge in [0.25, 0.3) is 5.91 Å². The van der Waals surface area contributed by atoms with Crippen molar-refractivity contribution in [3.8, 4) is 0 Å². The van der Waals surface area contributed by atoms with E-state index in [1.807, 2.05) is 36.4 Å². The molecule has 1 aliphatic carbocycles. The van der Waals surface area contributed by atoms with Crippen LogP contribution in [0.2, 0.25) is 0 Å². The second-order valence-electron chi connectivity index (χ2n) is 5.88. The van der Waals surface area contributed by atoms with Crippen LogP contribution in [0.4, 0.5) is 0 Å². The van der Waals surface area contributed by atoms with Crippen molar-refractivity contribution in [2.75, 3.05) is 11.9 Å². The van der Waals surface area contributed by atoms with E-state index < -0.39 is 0 Å². The van der Waals surface area contributed by atoms with Crippen molar-refractivity contribution >= 4 is 32.6 Å². The van der Waals surface area contributed by atoms with E-state index >= 15 is 0 Å². The maximum atomic E-state index is 12.3. The van der Waals surface area contributed by atoms with Gasteiger partial charge in [-0.25, -0.2) is 0 Å². The fourth-order valence-electron chi connectivity index (χ4n) is 3.24. The van der Waals surface area contributed by atoms with Crippen LogP contribution in [-0.4, -0.2) is 17.8 Å². The summed E-state index contributed by atoms with van der Waals surface area (Å²) in [7, 11) is 0. The van der Waals surface area contributed by atoms with E-state index in [-0.39, 0.29) is 5.91 Å². The van der Waals surface area contributed by atoms with Crippen LogP contribution < -0.4 is 5.32 Å². The summed E-state index contributed by atoms with van der Waals surface area (Å²) in [5, 5.41) is 6.44. The van der Waals surface area contributed by atoms with E-state index in [9.17, 15) is 4.79 Å². The number of carbonyl (C=O) groups excluding carboxylic acids is 1. The van der Waals surface area contributed by atoms with Crippen LogP contribution in [0.3, 0.4) is 0 Å². The fourth-order valence-corrected chi connectivity index (χ4v) is 4.09. The summed E-state index contributed by atoms with van der Waals surface area (Å²) < 4.78 is 0. The first-order valence-corrected chi connectivity index (χ1v) is 8.73. The highest BCUT2D eigenvalue weighted by Gasteiger charge is 2.26. The largest absolute Gasteiger partial charge is 0.352 e. The zero-order valence-corrected chi connectivity index (χ0v) is 13.6. The number of benzene rings is 2. The Bertz CT molecular complexity index is 640. The first-order chi connectivity index (χ1) is 10.3. The van der Waals surface area contributed by atoms with Gasteiger partial charge in [0.15, 0.2) is 0 Å². The molecule has 0 saturated heterocycles. The summed E-state index contributed by atoms with van der Waals surface area (Å²) in [5.41, 5.74) is 0.752. The summed E-state index contributed by atoms with van der Waals surface area (Å²) in [5.74, 6) is 1.37. The van der Waals surface area contributed by atoms with Gasteiger partial charge in [-0.1, -0.05) is 52.7 Å². The lowest BCUT2D eigenvalue weighted by molar-refractivity contribution is 0.0945. The molecule has 1 saturated carbocycles. The number of carbonyl (C=O) groups is 1. The fraction of sp³-hybridized carbons (Fsp3) is 0.389. The zero-order chi connectivity index (χ0) is 14.7. The summed E-state index contributed by atoms with van der Waals surface area (Å²) in [6.07, 6.45) is 3.79. The predicted molar refractivity (Wildman–Crippen MR) is 90.9 cm³/mol. The Labute approximate surface area is 134 Å².